The number of hydrogen-bond acceptors (Lipinski definition) is 5. The van der Waals surface area contributed by atoms with Gasteiger partial charge in [-0.3, -0.25) is 4.79 Å². The van der Waals surface area contributed by atoms with Crippen molar-refractivity contribution in [2.45, 2.75) is 0 Å². The third kappa shape index (κ3) is 4.14. The maximum absolute atomic E-state index is 12.1. The summed E-state index contributed by atoms with van der Waals surface area (Å²) in [7, 11) is 0. The molecule has 0 unspecified atom stereocenters. The lowest BCUT2D eigenvalue weighted by Gasteiger charge is -2.26. The molecule has 0 spiro atoms. The minimum Gasteiger partial charge on any atom is -0.451 e. The van der Waals surface area contributed by atoms with Gasteiger partial charge in [0.2, 0.25) is 0 Å². The largest absolute Gasteiger partial charge is 0.451 e. The van der Waals surface area contributed by atoms with Gasteiger partial charge in [-0.1, -0.05) is 23.7 Å². The molecule has 7 heteroatoms. The third-order valence-electron chi connectivity index (χ3n) is 3.63. The fraction of sp³-hybridized carbons (Fsp3) is 0.294. The molecule has 5 nitrogen and oxygen atoms in total. The van der Waals surface area contributed by atoms with Gasteiger partial charge < -0.3 is 14.4 Å². The van der Waals surface area contributed by atoms with Gasteiger partial charge in [-0.25, -0.2) is 4.79 Å². The van der Waals surface area contributed by atoms with Crippen LogP contribution >= 0.6 is 22.9 Å². The maximum atomic E-state index is 12.1. The van der Waals surface area contributed by atoms with E-state index in [0.29, 0.717) is 36.2 Å². The lowest BCUT2D eigenvalue weighted by molar-refractivity contribution is -0.138. The van der Waals surface area contributed by atoms with Gasteiger partial charge in [0.1, 0.15) is 4.88 Å². The molecule has 1 aliphatic heterocycles. The first-order valence-electron chi connectivity index (χ1n) is 7.52. The Morgan fingerprint density at radius 2 is 1.83 bits per heavy atom. The van der Waals surface area contributed by atoms with Gasteiger partial charge >= 0.3 is 5.97 Å². The van der Waals surface area contributed by atoms with E-state index >= 15 is 0 Å². The minimum absolute atomic E-state index is 0.193. The molecule has 0 bridgehead atoms. The number of esters is 1. The van der Waals surface area contributed by atoms with E-state index in [-0.39, 0.29) is 12.5 Å². The average molecular weight is 366 g/mol. The van der Waals surface area contributed by atoms with Gasteiger partial charge in [0, 0.05) is 23.0 Å². The number of thiophene rings is 1. The van der Waals surface area contributed by atoms with Crippen molar-refractivity contribution in [2.24, 2.45) is 0 Å². The number of carbonyl (C=O) groups excluding carboxylic acids is 2. The second-order valence-electron chi connectivity index (χ2n) is 5.24. The van der Waals surface area contributed by atoms with Gasteiger partial charge in [-0.15, -0.1) is 11.3 Å². The molecule has 1 aromatic carbocycles. The molecule has 0 radical (unpaired) electrons. The second kappa shape index (κ2) is 7.79. The van der Waals surface area contributed by atoms with Crippen LogP contribution in [0.5, 0.6) is 0 Å². The highest BCUT2D eigenvalue weighted by Gasteiger charge is 2.19. The predicted molar refractivity (Wildman–Crippen MR) is 92.4 cm³/mol. The van der Waals surface area contributed by atoms with Gasteiger partial charge in [-0.2, -0.15) is 0 Å². The van der Waals surface area contributed by atoms with E-state index in [1.807, 2.05) is 18.2 Å². The summed E-state index contributed by atoms with van der Waals surface area (Å²) in [5.74, 6) is -0.678. The van der Waals surface area contributed by atoms with Crippen molar-refractivity contribution >= 4 is 34.8 Å². The highest BCUT2D eigenvalue weighted by atomic mass is 35.5. The molecule has 1 aromatic heterocycles. The number of morpholine rings is 1. The molecule has 1 fully saturated rings. The molecule has 1 saturated heterocycles. The molecule has 0 atom stereocenters. The predicted octanol–water partition coefficient (Wildman–Crippen LogP) is 3.08. The van der Waals surface area contributed by atoms with Gasteiger partial charge in [0.15, 0.2) is 6.61 Å². The van der Waals surface area contributed by atoms with Crippen molar-refractivity contribution in [3.63, 3.8) is 0 Å². The molecular formula is C17H16ClNO4S. The lowest BCUT2D eigenvalue weighted by atomic mass is 10.2. The Labute approximate surface area is 148 Å². The first kappa shape index (κ1) is 17.0. The monoisotopic (exact) mass is 365 g/mol. The Morgan fingerprint density at radius 3 is 2.54 bits per heavy atom. The first-order valence-corrected chi connectivity index (χ1v) is 8.71. The van der Waals surface area contributed by atoms with Crippen LogP contribution in [0.25, 0.3) is 10.4 Å². The molecule has 24 heavy (non-hydrogen) atoms. The number of halogens is 1. The summed E-state index contributed by atoms with van der Waals surface area (Å²) >= 11 is 7.20. The molecule has 1 aliphatic rings. The van der Waals surface area contributed by atoms with Crippen LogP contribution in [-0.2, 0) is 14.3 Å². The number of benzene rings is 1. The average Bonchev–Trinajstić information content (AvgIpc) is 3.11. The maximum Gasteiger partial charge on any atom is 0.348 e. The van der Waals surface area contributed by atoms with E-state index in [0.717, 1.165) is 10.4 Å². The van der Waals surface area contributed by atoms with Crippen molar-refractivity contribution in [1.29, 1.82) is 0 Å². The summed E-state index contributed by atoms with van der Waals surface area (Å²) in [6.45, 7) is 1.88. The smallest absolute Gasteiger partial charge is 0.348 e. The number of ether oxygens (including phenoxy) is 2. The molecule has 0 aliphatic carbocycles. The van der Waals surface area contributed by atoms with Gasteiger partial charge in [0.25, 0.3) is 5.91 Å². The molecule has 1 amide bonds. The number of amides is 1. The molecule has 0 saturated carbocycles. The number of carbonyl (C=O) groups is 2. The van der Waals surface area contributed by atoms with E-state index in [1.54, 1.807) is 23.1 Å². The quantitative estimate of drug-likeness (QED) is 0.781. The number of rotatable bonds is 4. The molecule has 3 rings (SSSR count). The van der Waals surface area contributed by atoms with Crippen LogP contribution in [0.4, 0.5) is 0 Å². The van der Waals surface area contributed by atoms with Crippen LogP contribution in [0.2, 0.25) is 5.02 Å². The molecule has 126 valence electrons. The molecule has 0 N–H and O–H groups in total. The number of nitrogens with zero attached hydrogens (tertiary/aromatic N) is 1. The topological polar surface area (TPSA) is 55.8 Å². The van der Waals surface area contributed by atoms with Crippen LogP contribution in [0, 0.1) is 0 Å². The van der Waals surface area contributed by atoms with Gasteiger partial charge in [-0.05, 0) is 29.8 Å². The summed E-state index contributed by atoms with van der Waals surface area (Å²) < 4.78 is 10.3. The van der Waals surface area contributed by atoms with E-state index < -0.39 is 5.97 Å². The fourth-order valence-corrected chi connectivity index (χ4v) is 3.35. The Kier molecular flexibility index (Phi) is 5.50. The fourth-order valence-electron chi connectivity index (χ4n) is 2.32. The summed E-state index contributed by atoms with van der Waals surface area (Å²) in [6.07, 6.45) is 0. The summed E-state index contributed by atoms with van der Waals surface area (Å²) in [4.78, 5) is 27.1. The standard InChI is InChI=1S/C17H16ClNO4S/c18-13-3-1-12(2-4-13)14-5-6-15(24-14)17(21)23-11-16(20)19-7-9-22-10-8-19/h1-6H,7-11H2. The second-order valence-corrected chi connectivity index (χ2v) is 6.76. The number of hydrogen-bond donors (Lipinski definition) is 0. The van der Waals surface area contributed by atoms with Crippen molar-refractivity contribution < 1.29 is 19.1 Å². The zero-order chi connectivity index (χ0) is 16.9. The van der Waals surface area contributed by atoms with Crippen molar-refractivity contribution in [3.05, 3.63) is 46.3 Å². The Morgan fingerprint density at radius 1 is 1.12 bits per heavy atom. The zero-order valence-corrected chi connectivity index (χ0v) is 14.4. The Balaban J connectivity index is 1.57. The molecule has 2 heterocycles. The SMILES string of the molecule is O=C(OCC(=O)N1CCOCC1)c1ccc(-c2ccc(Cl)cc2)s1. The van der Waals surface area contributed by atoms with Gasteiger partial charge in [0.05, 0.1) is 13.2 Å². The summed E-state index contributed by atoms with van der Waals surface area (Å²) in [6, 6.07) is 11.0. The van der Waals surface area contributed by atoms with E-state index in [2.05, 4.69) is 0 Å². The lowest BCUT2D eigenvalue weighted by Crippen LogP contribution is -2.42. The van der Waals surface area contributed by atoms with Crippen LogP contribution in [-0.4, -0.2) is 49.7 Å². The van der Waals surface area contributed by atoms with Crippen LogP contribution in [0.15, 0.2) is 36.4 Å². The Bertz CT molecular complexity index is 722. The van der Waals surface area contributed by atoms with E-state index in [1.165, 1.54) is 11.3 Å². The van der Waals surface area contributed by atoms with E-state index in [9.17, 15) is 9.59 Å². The third-order valence-corrected chi connectivity index (χ3v) is 4.99. The van der Waals surface area contributed by atoms with Crippen molar-refractivity contribution in [1.82, 2.24) is 4.90 Å². The molecule has 2 aromatic rings. The summed E-state index contributed by atoms with van der Waals surface area (Å²) in [5, 5.41) is 0.663. The minimum atomic E-state index is -0.484. The normalized spacial score (nSPS) is 14.5. The summed E-state index contributed by atoms with van der Waals surface area (Å²) in [5.41, 5.74) is 0.979. The van der Waals surface area contributed by atoms with E-state index in [4.69, 9.17) is 21.1 Å². The van der Waals surface area contributed by atoms with Crippen LogP contribution < -0.4 is 0 Å². The zero-order valence-electron chi connectivity index (χ0n) is 12.9. The first-order chi connectivity index (χ1) is 11.6. The van der Waals surface area contributed by atoms with Crippen molar-refractivity contribution in [2.75, 3.05) is 32.9 Å². The van der Waals surface area contributed by atoms with Crippen LogP contribution in [0.3, 0.4) is 0 Å². The Hall–Kier alpha value is -1.89. The highest BCUT2D eigenvalue weighted by molar-refractivity contribution is 7.17. The molecular weight excluding hydrogens is 350 g/mol. The van der Waals surface area contributed by atoms with Crippen molar-refractivity contribution in [3.8, 4) is 10.4 Å². The van der Waals surface area contributed by atoms with Crippen LogP contribution in [0.1, 0.15) is 9.67 Å². The highest BCUT2D eigenvalue weighted by Crippen LogP contribution is 2.29.